The number of rotatable bonds is 4. The van der Waals surface area contributed by atoms with Crippen LogP contribution in [0.1, 0.15) is 6.92 Å². The van der Waals surface area contributed by atoms with Crippen molar-refractivity contribution < 1.29 is 14.9 Å². The highest BCUT2D eigenvalue weighted by atomic mass is 16.5. The predicted molar refractivity (Wildman–Crippen MR) is 62.4 cm³/mol. The van der Waals surface area contributed by atoms with Gasteiger partial charge in [-0.3, -0.25) is 0 Å². The summed E-state index contributed by atoms with van der Waals surface area (Å²) in [7, 11) is 0. The Morgan fingerprint density at radius 1 is 1.47 bits per heavy atom. The molecule has 0 saturated carbocycles. The molecular weight excluding hydrogens is 220 g/mol. The van der Waals surface area contributed by atoms with Gasteiger partial charge in [0.25, 0.3) is 0 Å². The summed E-state index contributed by atoms with van der Waals surface area (Å²) in [6, 6.07) is 6.76. The molecule has 0 fully saturated rings. The fraction of sp³-hybridized carbons (Fsp3) is 0.250. The fourth-order valence-corrected chi connectivity index (χ4v) is 1.37. The molecule has 1 atom stereocenters. The molecule has 0 radical (unpaired) electrons. The predicted octanol–water partition coefficient (Wildman–Crippen LogP) is 1.34. The van der Waals surface area contributed by atoms with E-state index in [1.165, 1.54) is 0 Å². The van der Waals surface area contributed by atoms with E-state index >= 15 is 0 Å². The first kappa shape index (κ1) is 11.5. The normalized spacial score (nSPS) is 12.4. The molecule has 2 rings (SSSR count). The van der Waals surface area contributed by atoms with Crippen LogP contribution in [0.2, 0.25) is 0 Å². The summed E-state index contributed by atoms with van der Waals surface area (Å²) in [6.07, 6.45) is 2.74. The lowest BCUT2D eigenvalue weighted by Gasteiger charge is -2.04. The molecule has 0 spiro atoms. The molecule has 2 aromatic rings. The molecule has 0 bridgehead atoms. The Balaban J connectivity index is 2.12. The molecule has 5 heteroatoms. The van der Waals surface area contributed by atoms with Gasteiger partial charge >= 0.3 is 0 Å². The van der Waals surface area contributed by atoms with Crippen molar-refractivity contribution in [2.75, 3.05) is 6.61 Å². The van der Waals surface area contributed by atoms with E-state index in [1.54, 1.807) is 42.2 Å². The largest absolute Gasteiger partial charge is 0.508 e. The summed E-state index contributed by atoms with van der Waals surface area (Å²) in [4.78, 5) is 0. The van der Waals surface area contributed by atoms with Crippen LogP contribution in [0.4, 0.5) is 0 Å². The van der Waals surface area contributed by atoms with Crippen LogP contribution >= 0.6 is 0 Å². The van der Waals surface area contributed by atoms with Gasteiger partial charge in [-0.15, -0.1) is 0 Å². The van der Waals surface area contributed by atoms with E-state index in [-0.39, 0.29) is 12.4 Å². The number of ether oxygens (including phenoxy) is 1. The summed E-state index contributed by atoms with van der Waals surface area (Å²) in [6.45, 7) is 1.88. The highest BCUT2D eigenvalue weighted by molar-refractivity contribution is 5.38. The SMILES string of the molecule is CC(O)COc1cnn(-c2cccc(O)c2)c1. The van der Waals surface area contributed by atoms with Crippen LogP contribution in [0, 0.1) is 0 Å². The number of phenols is 1. The van der Waals surface area contributed by atoms with E-state index in [0.29, 0.717) is 5.75 Å². The van der Waals surface area contributed by atoms with Crippen molar-refractivity contribution in [1.29, 1.82) is 0 Å². The number of benzene rings is 1. The highest BCUT2D eigenvalue weighted by Crippen LogP contribution is 2.17. The van der Waals surface area contributed by atoms with Crippen LogP contribution < -0.4 is 4.74 Å². The van der Waals surface area contributed by atoms with Crippen molar-refractivity contribution in [2.45, 2.75) is 13.0 Å². The van der Waals surface area contributed by atoms with Crippen LogP contribution in [0.15, 0.2) is 36.7 Å². The topological polar surface area (TPSA) is 67.5 Å². The van der Waals surface area contributed by atoms with E-state index in [4.69, 9.17) is 9.84 Å². The smallest absolute Gasteiger partial charge is 0.157 e. The maximum Gasteiger partial charge on any atom is 0.157 e. The highest BCUT2D eigenvalue weighted by Gasteiger charge is 2.03. The van der Waals surface area contributed by atoms with Crippen LogP contribution in [0.3, 0.4) is 0 Å². The lowest BCUT2D eigenvalue weighted by Crippen LogP contribution is -2.12. The Kier molecular flexibility index (Phi) is 3.30. The van der Waals surface area contributed by atoms with Gasteiger partial charge in [-0.2, -0.15) is 5.10 Å². The summed E-state index contributed by atoms with van der Waals surface area (Å²) in [5, 5.41) is 22.5. The number of phenolic OH excluding ortho intramolecular Hbond substituents is 1. The zero-order valence-corrected chi connectivity index (χ0v) is 9.45. The Labute approximate surface area is 98.9 Å². The molecule has 5 nitrogen and oxygen atoms in total. The Bertz CT molecular complexity index is 494. The minimum absolute atomic E-state index is 0.185. The minimum atomic E-state index is -0.515. The number of aliphatic hydroxyl groups excluding tert-OH is 1. The fourth-order valence-electron chi connectivity index (χ4n) is 1.37. The van der Waals surface area contributed by atoms with Gasteiger partial charge < -0.3 is 14.9 Å². The molecule has 0 saturated heterocycles. The van der Waals surface area contributed by atoms with Crippen molar-refractivity contribution in [3.8, 4) is 17.2 Å². The summed E-state index contributed by atoms with van der Waals surface area (Å²) in [5.41, 5.74) is 0.747. The van der Waals surface area contributed by atoms with Crippen molar-refractivity contribution in [3.05, 3.63) is 36.7 Å². The quantitative estimate of drug-likeness (QED) is 0.837. The molecule has 1 aromatic carbocycles. The molecule has 0 aliphatic heterocycles. The zero-order valence-electron chi connectivity index (χ0n) is 9.45. The van der Waals surface area contributed by atoms with Gasteiger partial charge in [0.05, 0.1) is 24.2 Å². The molecule has 2 N–H and O–H groups in total. The second kappa shape index (κ2) is 4.88. The van der Waals surface area contributed by atoms with Crippen LogP contribution in [0.5, 0.6) is 11.5 Å². The average Bonchev–Trinajstić information content (AvgIpc) is 2.75. The molecule has 90 valence electrons. The molecule has 0 aliphatic rings. The maximum atomic E-state index is 9.35. The van der Waals surface area contributed by atoms with E-state index in [1.807, 2.05) is 6.07 Å². The first-order valence-corrected chi connectivity index (χ1v) is 5.30. The minimum Gasteiger partial charge on any atom is -0.508 e. The number of aliphatic hydroxyl groups is 1. The number of nitrogens with zero attached hydrogens (tertiary/aromatic N) is 2. The van der Waals surface area contributed by atoms with Crippen molar-refractivity contribution in [2.24, 2.45) is 0 Å². The summed E-state index contributed by atoms with van der Waals surface area (Å²) >= 11 is 0. The van der Waals surface area contributed by atoms with Crippen LogP contribution in [-0.2, 0) is 0 Å². The van der Waals surface area contributed by atoms with E-state index in [0.717, 1.165) is 5.69 Å². The van der Waals surface area contributed by atoms with E-state index in [2.05, 4.69) is 5.10 Å². The second-order valence-electron chi connectivity index (χ2n) is 3.80. The number of aromatic nitrogens is 2. The van der Waals surface area contributed by atoms with Crippen LogP contribution in [-0.4, -0.2) is 32.7 Å². The second-order valence-corrected chi connectivity index (χ2v) is 3.80. The summed E-state index contributed by atoms with van der Waals surface area (Å²) < 4.78 is 6.90. The van der Waals surface area contributed by atoms with Gasteiger partial charge in [0, 0.05) is 6.07 Å². The molecule has 1 heterocycles. The average molecular weight is 234 g/mol. The van der Waals surface area contributed by atoms with Crippen molar-refractivity contribution in [3.63, 3.8) is 0 Å². The standard InChI is InChI=1S/C12H14N2O3/c1-9(15)8-17-12-6-13-14(7-12)10-3-2-4-11(16)5-10/h2-7,9,15-16H,8H2,1H3. The third-order valence-electron chi connectivity index (χ3n) is 2.14. The van der Waals surface area contributed by atoms with Crippen LogP contribution in [0.25, 0.3) is 5.69 Å². The third-order valence-corrected chi connectivity index (χ3v) is 2.14. The first-order chi connectivity index (χ1) is 8.15. The Morgan fingerprint density at radius 3 is 3.00 bits per heavy atom. The lowest BCUT2D eigenvalue weighted by molar-refractivity contribution is 0.122. The molecule has 0 amide bonds. The summed E-state index contributed by atoms with van der Waals surface area (Å²) in [5.74, 6) is 0.763. The first-order valence-electron chi connectivity index (χ1n) is 5.30. The van der Waals surface area contributed by atoms with Gasteiger partial charge in [0.1, 0.15) is 12.4 Å². The number of hydrogen-bond acceptors (Lipinski definition) is 4. The zero-order chi connectivity index (χ0) is 12.3. The van der Waals surface area contributed by atoms with Gasteiger partial charge in [-0.05, 0) is 19.1 Å². The van der Waals surface area contributed by atoms with Crippen molar-refractivity contribution >= 4 is 0 Å². The number of hydrogen-bond donors (Lipinski definition) is 2. The van der Waals surface area contributed by atoms with Gasteiger partial charge in [-0.25, -0.2) is 4.68 Å². The molecule has 17 heavy (non-hydrogen) atoms. The van der Waals surface area contributed by atoms with Gasteiger partial charge in [0.2, 0.25) is 0 Å². The third kappa shape index (κ3) is 2.98. The van der Waals surface area contributed by atoms with E-state index in [9.17, 15) is 5.11 Å². The molecular formula is C12H14N2O3. The maximum absolute atomic E-state index is 9.35. The van der Waals surface area contributed by atoms with E-state index < -0.39 is 6.10 Å². The molecule has 0 aliphatic carbocycles. The van der Waals surface area contributed by atoms with Gasteiger partial charge in [0.15, 0.2) is 5.75 Å². The van der Waals surface area contributed by atoms with Gasteiger partial charge in [-0.1, -0.05) is 6.07 Å². The number of aromatic hydroxyl groups is 1. The Morgan fingerprint density at radius 2 is 2.29 bits per heavy atom. The van der Waals surface area contributed by atoms with Crippen molar-refractivity contribution in [1.82, 2.24) is 9.78 Å². The molecule has 1 aromatic heterocycles. The Hall–Kier alpha value is -2.01. The molecule has 1 unspecified atom stereocenters. The lowest BCUT2D eigenvalue weighted by atomic mass is 10.3. The monoisotopic (exact) mass is 234 g/mol.